The summed E-state index contributed by atoms with van der Waals surface area (Å²) < 4.78 is 27.4. The van der Waals surface area contributed by atoms with Gasteiger partial charge in [0.05, 0.1) is 12.1 Å². The van der Waals surface area contributed by atoms with E-state index in [1.165, 1.54) is 9.80 Å². The first-order valence-corrected chi connectivity index (χ1v) is 9.33. The quantitative estimate of drug-likeness (QED) is 0.848. The van der Waals surface area contributed by atoms with Crippen LogP contribution in [0.15, 0.2) is 48.5 Å². The first-order valence-electron chi connectivity index (χ1n) is 9.33. The molecule has 0 aromatic heterocycles. The summed E-state index contributed by atoms with van der Waals surface area (Å²) in [5.41, 5.74) is 0.544. The van der Waals surface area contributed by atoms with E-state index in [0.717, 1.165) is 23.8 Å². The van der Waals surface area contributed by atoms with Crippen LogP contribution in [0.2, 0.25) is 0 Å². The average molecular weight is 399 g/mol. The summed E-state index contributed by atoms with van der Waals surface area (Å²) in [6.45, 7) is 0.234. The Morgan fingerprint density at radius 3 is 2.59 bits per heavy atom. The van der Waals surface area contributed by atoms with Crippen molar-refractivity contribution in [2.24, 2.45) is 0 Å². The van der Waals surface area contributed by atoms with Crippen molar-refractivity contribution < 1.29 is 23.2 Å². The highest BCUT2D eigenvalue weighted by Gasteiger charge is 2.44. The third-order valence-corrected chi connectivity index (χ3v) is 5.31. The lowest BCUT2D eigenvalue weighted by Crippen LogP contribution is -2.70. The molecule has 8 heteroatoms. The first-order chi connectivity index (χ1) is 13.9. The lowest BCUT2D eigenvalue weighted by molar-refractivity contribution is -0.152. The molecule has 2 aromatic rings. The molecule has 0 saturated carbocycles. The number of benzene rings is 2. The van der Waals surface area contributed by atoms with Crippen LogP contribution in [-0.2, 0) is 16.0 Å². The molecule has 0 spiro atoms. The number of carbonyl (C=O) groups is 3. The molecule has 3 amide bonds. The number of carbonyl (C=O) groups excluding carboxylic acids is 3. The van der Waals surface area contributed by atoms with Crippen LogP contribution in [0.5, 0.6) is 0 Å². The third kappa shape index (κ3) is 3.70. The molecule has 0 bridgehead atoms. The van der Waals surface area contributed by atoms with Gasteiger partial charge in [0, 0.05) is 19.5 Å². The van der Waals surface area contributed by atoms with Gasteiger partial charge in [0.15, 0.2) is 0 Å². The number of amides is 3. The smallest absolute Gasteiger partial charge is 0.257 e. The number of fused-ring (bicyclic) bond motifs is 1. The van der Waals surface area contributed by atoms with E-state index in [2.05, 4.69) is 5.32 Å². The second kappa shape index (κ2) is 7.62. The molecule has 150 valence electrons. The van der Waals surface area contributed by atoms with Crippen molar-refractivity contribution in [1.82, 2.24) is 15.1 Å². The molecule has 2 aromatic carbocycles. The molecular formula is C21H19F2N3O3. The van der Waals surface area contributed by atoms with Gasteiger partial charge in [-0.15, -0.1) is 0 Å². The maximum Gasteiger partial charge on any atom is 0.257 e. The van der Waals surface area contributed by atoms with Gasteiger partial charge in [-0.3, -0.25) is 14.4 Å². The summed E-state index contributed by atoms with van der Waals surface area (Å²) in [6, 6.07) is 10.5. The molecule has 2 fully saturated rings. The van der Waals surface area contributed by atoms with E-state index < -0.39 is 29.6 Å². The molecule has 6 nitrogen and oxygen atoms in total. The molecule has 2 aliphatic rings. The molecule has 29 heavy (non-hydrogen) atoms. The molecule has 2 atom stereocenters. The zero-order valence-electron chi connectivity index (χ0n) is 15.5. The molecule has 0 unspecified atom stereocenters. The highest BCUT2D eigenvalue weighted by molar-refractivity contribution is 5.99. The Balaban J connectivity index is 1.48. The molecule has 1 N–H and O–H groups in total. The first kappa shape index (κ1) is 19.0. The van der Waals surface area contributed by atoms with Crippen LogP contribution < -0.4 is 5.32 Å². The van der Waals surface area contributed by atoms with E-state index in [-0.39, 0.29) is 37.0 Å². The lowest BCUT2D eigenvalue weighted by atomic mass is 9.98. The van der Waals surface area contributed by atoms with Crippen LogP contribution in [0.1, 0.15) is 15.9 Å². The van der Waals surface area contributed by atoms with E-state index in [1.54, 1.807) is 0 Å². The normalized spacial score (nSPS) is 21.6. The number of halogens is 2. The Morgan fingerprint density at radius 1 is 1.07 bits per heavy atom. The topological polar surface area (TPSA) is 69.7 Å². The molecule has 0 radical (unpaired) electrons. The minimum absolute atomic E-state index is 0.0651. The largest absolute Gasteiger partial charge is 0.342 e. The second-order valence-electron chi connectivity index (χ2n) is 7.17. The molecule has 2 saturated heterocycles. The summed E-state index contributed by atoms with van der Waals surface area (Å²) in [5.74, 6) is -2.81. The maximum absolute atomic E-state index is 13.9. The van der Waals surface area contributed by atoms with E-state index in [9.17, 15) is 23.2 Å². The average Bonchev–Trinajstić information content (AvgIpc) is 2.73. The van der Waals surface area contributed by atoms with Crippen LogP contribution >= 0.6 is 0 Å². The highest BCUT2D eigenvalue weighted by Crippen LogP contribution is 2.21. The maximum atomic E-state index is 13.9. The lowest BCUT2D eigenvalue weighted by Gasteiger charge is -2.45. The monoisotopic (exact) mass is 399 g/mol. The molecule has 2 aliphatic heterocycles. The van der Waals surface area contributed by atoms with Gasteiger partial charge < -0.3 is 15.1 Å². The van der Waals surface area contributed by atoms with Gasteiger partial charge in [-0.2, -0.15) is 0 Å². The van der Waals surface area contributed by atoms with E-state index >= 15 is 0 Å². The van der Waals surface area contributed by atoms with E-state index in [4.69, 9.17) is 0 Å². The predicted molar refractivity (Wildman–Crippen MR) is 99.8 cm³/mol. The molecular weight excluding hydrogens is 380 g/mol. The SMILES string of the molecule is O=C1N[C@H](Cc2ccccc2)C(=O)N2CCN(C(=O)c3cc(F)ccc3F)C[C@H]12. The fraction of sp³-hybridized carbons (Fsp3) is 0.286. The number of nitrogens with one attached hydrogen (secondary N) is 1. The van der Waals surface area contributed by atoms with Crippen molar-refractivity contribution >= 4 is 17.7 Å². The van der Waals surface area contributed by atoms with Crippen LogP contribution in [-0.4, -0.2) is 59.2 Å². The number of rotatable bonds is 3. The van der Waals surface area contributed by atoms with Crippen LogP contribution in [0.3, 0.4) is 0 Å². The van der Waals surface area contributed by atoms with Gasteiger partial charge in [0.1, 0.15) is 23.7 Å². The van der Waals surface area contributed by atoms with E-state index in [1.807, 2.05) is 30.3 Å². The predicted octanol–water partition coefficient (Wildman–Crippen LogP) is 1.36. The number of piperazine rings is 2. The van der Waals surface area contributed by atoms with Crippen LogP contribution in [0, 0.1) is 11.6 Å². The summed E-state index contributed by atoms with van der Waals surface area (Å²) in [7, 11) is 0. The number of hydrogen-bond donors (Lipinski definition) is 1. The third-order valence-electron chi connectivity index (χ3n) is 5.31. The van der Waals surface area contributed by atoms with Crippen molar-refractivity contribution in [3.05, 3.63) is 71.3 Å². The summed E-state index contributed by atoms with van der Waals surface area (Å²) in [4.78, 5) is 40.9. The number of hydrogen-bond acceptors (Lipinski definition) is 3. The minimum atomic E-state index is -0.844. The Labute approximate surface area is 166 Å². The highest BCUT2D eigenvalue weighted by atomic mass is 19.1. The van der Waals surface area contributed by atoms with Gasteiger partial charge in [-0.05, 0) is 23.8 Å². The Bertz CT molecular complexity index is 967. The minimum Gasteiger partial charge on any atom is -0.342 e. The van der Waals surface area contributed by atoms with Crippen molar-refractivity contribution in [3.8, 4) is 0 Å². The van der Waals surface area contributed by atoms with Crippen molar-refractivity contribution in [2.45, 2.75) is 18.5 Å². The zero-order chi connectivity index (χ0) is 20.5. The zero-order valence-corrected chi connectivity index (χ0v) is 15.5. The van der Waals surface area contributed by atoms with Crippen molar-refractivity contribution in [3.63, 3.8) is 0 Å². The Kier molecular flexibility index (Phi) is 5.00. The Hall–Kier alpha value is -3.29. The summed E-state index contributed by atoms with van der Waals surface area (Å²) in [6.07, 6.45) is 0.381. The second-order valence-corrected chi connectivity index (χ2v) is 7.17. The fourth-order valence-electron chi connectivity index (χ4n) is 3.81. The van der Waals surface area contributed by atoms with Crippen LogP contribution in [0.4, 0.5) is 8.78 Å². The van der Waals surface area contributed by atoms with Gasteiger partial charge in [-0.1, -0.05) is 30.3 Å². The Morgan fingerprint density at radius 2 is 1.83 bits per heavy atom. The molecule has 4 rings (SSSR count). The molecule has 2 heterocycles. The standard InChI is InChI=1S/C21H19F2N3O3/c22-14-6-7-16(23)15(11-14)20(28)25-8-9-26-18(12-25)19(27)24-17(21(26)29)10-13-4-2-1-3-5-13/h1-7,11,17-18H,8-10,12H2,(H,24,27)/t17-,18-/m1/s1. The van der Waals surface area contributed by atoms with Gasteiger partial charge in [-0.25, -0.2) is 8.78 Å². The summed E-state index contributed by atoms with van der Waals surface area (Å²) >= 11 is 0. The van der Waals surface area contributed by atoms with Gasteiger partial charge >= 0.3 is 0 Å². The van der Waals surface area contributed by atoms with E-state index in [0.29, 0.717) is 6.42 Å². The molecule has 0 aliphatic carbocycles. The number of nitrogens with zero attached hydrogens (tertiary/aromatic N) is 2. The summed E-state index contributed by atoms with van der Waals surface area (Å²) in [5, 5.41) is 2.73. The van der Waals surface area contributed by atoms with Crippen molar-refractivity contribution in [1.29, 1.82) is 0 Å². The van der Waals surface area contributed by atoms with Gasteiger partial charge in [0.2, 0.25) is 11.8 Å². The van der Waals surface area contributed by atoms with Crippen LogP contribution in [0.25, 0.3) is 0 Å². The van der Waals surface area contributed by atoms with Crippen molar-refractivity contribution in [2.75, 3.05) is 19.6 Å². The fourth-order valence-corrected chi connectivity index (χ4v) is 3.81. The van der Waals surface area contributed by atoms with Gasteiger partial charge in [0.25, 0.3) is 5.91 Å².